The Labute approximate surface area is 104 Å². The van der Waals surface area contributed by atoms with E-state index in [0.29, 0.717) is 5.75 Å². The molecule has 17 heavy (non-hydrogen) atoms. The molecule has 0 aliphatic heterocycles. The van der Waals surface area contributed by atoms with Gasteiger partial charge in [0.05, 0.1) is 0 Å². The van der Waals surface area contributed by atoms with Crippen LogP contribution in [0.25, 0.3) is 0 Å². The highest BCUT2D eigenvalue weighted by atomic mass is 16.3. The van der Waals surface area contributed by atoms with Gasteiger partial charge in [0.2, 0.25) is 0 Å². The summed E-state index contributed by atoms with van der Waals surface area (Å²) in [6.45, 7) is 7.72. The zero-order valence-corrected chi connectivity index (χ0v) is 11.1. The summed E-state index contributed by atoms with van der Waals surface area (Å²) in [4.78, 5) is 0. The first-order valence-electron chi connectivity index (χ1n) is 6.50. The number of rotatable bonds is 2. The molecule has 1 aromatic carbocycles. The second-order valence-corrected chi connectivity index (χ2v) is 6.19. The van der Waals surface area contributed by atoms with E-state index in [4.69, 9.17) is 0 Å². The topological polar surface area (TPSA) is 32.3 Å². The summed E-state index contributed by atoms with van der Waals surface area (Å²) in [5.74, 6) is 1.13. The number of aromatic hydroxyl groups is 1. The van der Waals surface area contributed by atoms with Crippen LogP contribution in [0.15, 0.2) is 18.2 Å². The third-order valence-electron chi connectivity index (χ3n) is 3.44. The van der Waals surface area contributed by atoms with E-state index in [1.165, 1.54) is 17.5 Å². The molecule has 1 aromatic rings. The van der Waals surface area contributed by atoms with Gasteiger partial charge in [0.1, 0.15) is 5.75 Å². The summed E-state index contributed by atoms with van der Waals surface area (Å²) in [5, 5.41) is 13.0. The van der Waals surface area contributed by atoms with Crippen molar-refractivity contribution >= 4 is 0 Å². The van der Waals surface area contributed by atoms with Gasteiger partial charge in [-0.2, -0.15) is 0 Å². The minimum absolute atomic E-state index is 0.204. The number of nitrogens with one attached hydrogen (secondary N) is 1. The van der Waals surface area contributed by atoms with Gasteiger partial charge in [0.15, 0.2) is 0 Å². The van der Waals surface area contributed by atoms with Crippen LogP contribution < -0.4 is 5.32 Å². The van der Waals surface area contributed by atoms with E-state index in [2.05, 4.69) is 32.2 Å². The molecule has 0 aromatic heterocycles. The van der Waals surface area contributed by atoms with E-state index in [1.807, 2.05) is 6.07 Å². The lowest BCUT2D eigenvalue weighted by atomic mass is 9.83. The predicted molar refractivity (Wildman–Crippen MR) is 71.4 cm³/mol. The molecule has 0 bridgehead atoms. The maximum absolute atomic E-state index is 9.45. The molecule has 0 spiro atoms. The number of phenols is 1. The molecule has 2 rings (SSSR count). The molecule has 2 N–H and O–H groups in total. The fourth-order valence-electron chi connectivity index (χ4n) is 2.44. The van der Waals surface area contributed by atoms with E-state index in [-0.39, 0.29) is 5.54 Å². The minimum Gasteiger partial charge on any atom is -0.508 e. The molecule has 94 valence electrons. The highest BCUT2D eigenvalue weighted by Gasteiger charge is 2.20. The minimum atomic E-state index is 0.204. The number of fused-ring (bicyclic) bond motifs is 1. The molecule has 1 unspecified atom stereocenters. The molecule has 0 heterocycles. The van der Waals surface area contributed by atoms with E-state index in [9.17, 15) is 5.11 Å². The summed E-state index contributed by atoms with van der Waals surface area (Å²) in [7, 11) is 0. The number of hydrogen-bond donors (Lipinski definition) is 2. The highest BCUT2D eigenvalue weighted by molar-refractivity contribution is 5.36. The predicted octanol–water partition coefficient (Wildman–Crippen LogP) is 2.89. The second kappa shape index (κ2) is 4.69. The molecular formula is C15H23NO. The molecule has 2 heteroatoms. The molecule has 0 amide bonds. The van der Waals surface area contributed by atoms with Crippen molar-refractivity contribution in [3.05, 3.63) is 29.3 Å². The molecular weight excluding hydrogens is 210 g/mol. The van der Waals surface area contributed by atoms with E-state index >= 15 is 0 Å². The maximum atomic E-state index is 9.45. The Morgan fingerprint density at radius 3 is 2.76 bits per heavy atom. The summed E-state index contributed by atoms with van der Waals surface area (Å²) in [6.07, 6.45) is 3.46. The van der Waals surface area contributed by atoms with Gasteiger partial charge < -0.3 is 10.4 Å². The van der Waals surface area contributed by atoms with Crippen LogP contribution in [0, 0.1) is 5.92 Å². The highest BCUT2D eigenvalue weighted by Crippen LogP contribution is 2.28. The molecule has 0 fully saturated rings. The lowest BCUT2D eigenvalue weighted by Gasteiger charge is -2.29. The third kappa shape index (κ3) is 3.47. The Hall–Kier alpha value is -1.02. The van der Waals surface area contributed by atoms with Gasteiger partial charge in [-0.1, -0.05) is 6.07 Å². The van der Waals surface area contributed by atoms with Gasteiger partial charge in [-0.25, -0.2) is 0 Å². The van der Waals surface area contributed by atoms with Crippen LogP contribution in [0.5, 0.6) is 5.75 Å². The fraction of sp³-hybridized carbons (Fsp3) is 0.600. The Kier molecular flexibility index (Phi) is 3.43. The smallest absolute Gasteiger partial charge is 0.115 e. The van der Waals surface area contributed by atoms with Crippen LogP contribution in [0.3, 0.4) is 0 Å². The van der Waals surface area contributed by atoms with Crippen molar-refractivity contribution < 1.29 is 5.11 Å². The van der Waals surface area contributed by atoms with Crippen LogP contribution in [0.2, 0.25) is 0 Å². The Morgan fingerprint density at radius 1 is 1.29 bits per heavy atom. The molecule has 0 radical (unpaired) electrons. The summed E-state index contributed by atoms with van der Waals surface area (Å²) in [5.41, 5.74) is 2.95. The molecule has 1 aliphatic rings. The summed E-state index contributed by atoms with van der Waals surface area (Å²) in [6, 6.07) is 5.80. The Morgan fingerprint density at radius 2 is 2.06 bits per heavy atom. The maximum Gasteiger partial charge on any atom is 0.115 e. The van der Waals surface area contributed by atoms with Crippen molar-refractivity contribution in [2.75, 3.05) is 6.54 Å². The largest absolute Gasteiger partial charge is 0.508 e. The summed E-state index contributed by atoms with van der Waals surface area (Å²) >= 11 is 0. The molecule has 0 saturated carbocycles. The average molecular weight is 233 g/mol. The first-order valence-corrected chi connectivity index (χ1v) is 6.50. The van der Waals surface area contributed by atoms with Crippen LogP contribution in [0.1, 0.15) is 38.3 Å². The first-order chi connectivity index (χ1) is 7.94. The number of benzene rings is 1. The third-order valence-corrected chi connectivity index (χ3v) is 3.44. The van der Waals surface area contributed by atoms with Gasteiger partial charge >= 0.3 is 0 Å². The zero-order valence-electron chi connectivity index (χ0n) is 11.1. The monoisotopic (exact) mass is 233 g/mol. The quantitative estimate of drug-likeness (QED) is 0.823. The lowest BCUT2D eigenvalue weighted by Crippen LogP contribution is -2.40. The lowest BCUT2D eigenvalue weighted by molar-refractivity contribution is 0.348. The van der Waals surface area contributed by atoms with Crippen molar-refractivity contribution in [3.63, 3.8) is 0 Å². The molecule has 1 atom stereocenters. The normalized spacial score (nSPS) is 20.1. The molecule has 0 saturated heterocycles. The van der Waals surface area contributed by atoms with E-state index in [0.717, 1.165) is 25.3 Å². The Balaban J connectivity index is 1.97. The van der Waals surface area contributed by atoms with Crippen molar-refractivity contribution in [2.45, 2.75) is 45.6 Å². The number of aryl methyl sites for hydroxylation is 1. The van der Waals surface area contributed by atoms with Gasteiger partial charge in [-0.05, 0) is 75.8 Å². The van der Waals surface area contributed by atoms with Crippen molar-refractivity contribution in [3.8, 4) is 5.75 Å². The Bertz CT molecular complexity index is 392. The van der Waals surface area contributed by atoms with Gasteiger partial charge in [0, 0.05) is 5.54 Å². The second-order valence-electron chi connectivity index (χ2n) is 6.19. The molecule has 1 aliphatic carbocycles. The van der Waals surface area contributed by atoms with E-state index < -0.39 is 0 Å². The van der Waals surface area contributed by atoms with Gasteiger partial charge in [-0.15, -0.1) is 0 Å². The molecule has 2 nitrogen and oxygen atoms in total. The van der Waals surface area contributed by atoms with E-state index in [1.54, 1.807) is 6.07 Å². The van der Waals surface area contributed by atoms with Crippen LogP contribution >= 0.6 is 0 Å². The van der Waals surface area contributed by atoms with Crippen LogP contribution in [-0.2, 0) is 12.8 Å². The summed E-state index contributed by atoms with van der Waals surface area (Å²) < 4.78 is 0. The standard InChI is InChI=1S/C15H23NO/c1-15(2,3)16-10-11-4-5-13-9-14(17)7-6-12(13)8-11/h6-7,9,11,16-17H,4-5,8,10H2,1-3H3. The van der Waals surface area contributed by atoms with Crippen LogP contribution in [0.4, 0.5) is 0 Å². The van der Waals surface area contributed by atoms with Crippen molar-refractivity contribution in [2.24, 2.45) is 5.92 Å². The van der Waals surface area contributed by atoms with Gasteiger partial charge in [0.25, 0.3) is 0 Å². The fourth-order valence-corrected chi connectivity index (χ4v) is 2.44. The van der Waals surface area contributed by atoms with Gasteiger partial charge in [-0.3, -0.25) is 0 Å². The number of phenolic OH excluding ortho intramolecular Hbond substituents is 1. The SMILES string of the molecule is CC(C)(C)NCC1CCc2cc(O)ccc2C1. The average Bonchev–Trinajstić information content (AvgIpc) is 2.25. The van der Waals surface area contributed by atoms with Crippen molar-refractivity contribution in [1.29, 1.82) is 0 Å². The first kappa shape index (κ1) is 12.4. The number of hydrogen-bond acceptors (Lipinski definition) is 2. The zero-order chi connectivity index (χ0) is 12.5. The van der Waals surface area contributed by atoms with Crippen molar-refractivity contribution in [1.82, 2.24) is 5.32 Å². The van der Waals surface area contributed by atoms with Crippen LogP contribution in [-0.4, -0.2) is 17.2 Å².